The van der Waals surface area contributed by atoms with Gasteiger partial charge in [-0.1, -0.05) is 29.7 Å². The number of anilines is 3. The van der Waals surface area contributed by atoms with Gasteiger partial charge in [-0.2, -0.15) is 13.2 Å². The zero-order valence-electron chi connectivity index (χ0n) is 19.7. The van der Waals surface area contributed by atoms with E-state index in [1.54, 1.807) is 17.1 Å². The van der Waals surface area contributed by atoms with Gasteiger partial charge in [0.05, 0.1) is 34.9 Å². The molecule has 1 aromatic heterocycles. The largest absolute Gasteiger partial charge is 0.495 e. The van der Waals surface area contributed by atoms with Crippen LogP contribution in [0.2, 0.25) is 0 Å². The van der Waals surface area contributed by atoms with E-state index in [-0.39, 0.29) is 34.1 Å². The van der Waals surface area contributed by atoms with Gasteiger partial charge in [-0.3, -0.25) is 4.72 Å². The van der Waals surface area contributed by atoms with Crippen LogP contribution in [0, 0.1) is 29.5 Å². The van der Waals surface area contributed by atoms with Crippen LogP contribution >= 0.6 is 0 Å². The number of rotatable bonds is 5. The Bertz CT molecular complexity index is 1620. The van der Waals surface area contributed by atoms with Crippen LogP contribution in [-0.4, -0.2) is 26.9 Å². The molecule has 5 rings (SSSR count). The third kappa shape index (κ3) is 4.84. The van der Waals surface area contributed by atoms with Crippen molar-refractivity contribution in [1.82, 2.24) is 5.16 Å². The SMILES string of the molecule is C=C1C=Cc2cc(S(=O)(=O)Nc3ccon3)ccc2N1c1cc(F)c(C#C[C@@H]2C[C@@H]2C(F)(F)F)cc1OC. The predicted molar refractivity (Wildman–Crippen MR) is 132 cm³/mol. The van der Waals surface area contributed by atoms with Crippen molar-refractivity contribution in [3.8, 4) is 17.6 Å². The van der Waals surface area contributed by atoms with Crippen molar-refractivity contribution in [2.75, 3.05) is 16.7 Å². The van der Waals surface area contributed by atoms with Gasteiger partial charge < -0.3 is 14.2 Å². The van der Waals surface area contributed by atoms with Gasteiger partial charge in [0.15, 0.2) is 5.82 Å². The molecule has 2 aliphatic rings. The number of nitrogens with zero attached hydrogens (tertiary/aromatic N) is 2. The zero-order chi connectivity index (χ0) is 27.2. The van der Waals surface area contributed by atoms with E-state index in [0.29, 0.717) is 16.9 Å². The fourth-order valence-corrected chi connectivity index (χ4v) is 5.09. The molecule has 7 nitrogen and oxygen atoms in total. The number of hydrogen-bond donors (Lipinski definition) is 1. The molecule has 0 spiro atoms. The first kappa shape index (κ1) is 25.4. The third-order valence-electron chi connectivity index (χ3n) is 6.08. The first-order valence-electron chi connectivity index (χ1n) is 11.2. The third-order valence-corrected chi connectivity index (χ3v) is 7.43. The number of halogens is 4. The average Bonchev–Trinajstić information content (AvgIpc) is 3.50. The Balaban J connectivity index is 1.48. The number of benzene rings is 2. The molecule has 1 aliphatic carbocycles. The lowest BCUT2D eigenvalue weighted by Gasteiger charge is -2.31. The van der Waals surface area contributed by atoms with Crippen molar-refractivity contribution >= 4 is 33.3 Å². The maximum atomic E-state index is 15.1. The highest BCUT2D eigenvalue weighted by atomic mass is 32.2. The molecule has 3 aromatic rings. The summed E-state index contributed by atoms with van der Waals surface area (Å²) in [5, 5.41) is 3.54. The lowest BCUT2D eigenvalue weighted by atomic mass is 10.0. The number of aromatic nitrogens is 1. The van der Waals surface area contributed by atoms with E-state index >= 15 is 4.39 Å². The molecule has 2 heterocycles. The Labute approximate surface area is 215 Å². The van der Waals surface area contributed by atoms with Crippen molar-refractivity contribution < 1.29 is 35.2 Å². The van der Waals surface area contributed by atoms with Crippen molar-refractivity contribution in [3.05, 3.63) is 78.0 Å². The first-order chi connectivity index (χ1) is 18.0. The number of nitrogens with one attached hydrogen (secondary N) is 1. The minimum atomic E-state index is -4.32. The summed E-state index contributed by atoms with van der Waals surface area (Å²) in [6.45, 7) is 4.00. The van der Waals surface area contributed by atoms with E-state index < -0.39 is 33.9 Å². The monoisotopic (exact) mass is 545 g/mol. The molecule has 0 radical (unpaired) electrons. The topological polar surface area (TPSA) is 84.7 Å². The summed E-state index contributed by atoms with van der Waals surface area (Å²) in [5.41, 5.74) is 1.59. The summed E-state index contributed by atoms with van der Waals surface area (Å²) in [4.78, 5) is 1.54. The van der Waals surface area contributed by atoms with Crippen LogP contribution in [0.1, 0.15) is 17.5 Å². The number of sulfonamides is 1. The van der Waals surface area contributed by atoms with Gasteiger partial charge in [-0.15, -0.1) is 0 Å². The Kier molecular flexibility index (Phi) is 6.19. The molecule has 1 aliphatic heterocycles. The minimum Gasteiger partial charge on any atom is -0.495 e. The lowest BCUT2D eigenvalue weighted by Crippen LogP contribution is -2.20. The van der Waals surface area contributed by atoms with Gasteiger partial charge >= 0.3 is 6.18 Å². The molecule has 12 heteroatoms. The second-order valence-corrected chi connectivity index (χ2v) is 10.3. The van der Waals surface area contributed by atoms with Crippen molar-refractivity contribution in [1.29, 1.82) is 0 Å². The minimum absolute atomic E-state index is 0.0206. The highest BCUT2D eigenvalue weighted by Gasteiger charge is 2.55. The second kappa shape index (κ2) is 9.25. The molecule has 0 saturated heterocycles. The molecule has 1 N–H and O–H groups in total. The Morgan fingerprint density at radius 1 is 1.18 bits per heavy atom. The number of alkyl halides is 3. The highest BCUT2D eigenvalue weighted by molar-refractivity contribution is 7.92. The van der Waals surface area contributed by atoms with Gasteiger partial charge in [0.2, 0.25) is 0 Å². The van der Waals surface area contributed by atoms with Crippen LogP contribution < -0.4 is 14.4 Å². The summed E-state index contributed by atoms with van der Waals surface area (Å²) in [6, 6.07) is 8.17. The normalized spacial score (nSPS) is 18.4. The van der Waals surface area contributed by atoms with E-state index in [0.717, 1.165) is 6.07 Å². The average molecular weight is 546 g/mol. The molecule has 0 amide bonds. The predicted octanol–water partition coefficient (Wildman–Crippen LogP) is 5.85. The van der Waals surface area contributed by atoms with Gasteiger partial charge in [-0.05, 0) is 36.3 Å². The second-order valence-electron chi connectivity index (χ2n) is 8.63. The molecule has 2 atom stereocenters. The van der Waals surface area contributed by atoms with Crippen LogP contribution in [0.3, 0.4) is 0 Å². The fourth-order valence-electron chi connectivity index (χ4n) is 4.06. The van der Waals surface area contributed by atoms with E-state index in [1.165, 1.54) is 43.7 Å². The summed E-state index contributed by atoms with van der Waals surface area (Å²) in [7, 11) is -2.61. The van der Waals surface area contributed by atoms with Crippen LogP contribution in [0.25, 0.3) is 6.08 Å². The molecule has 196 valence electrons. The molecular weight excluding hydrogens is 526 g/mol. The van der Waals surface area contributed by atoms with Crippen LogP contribution in [-0.2, 0) is 10.0 Å². The number of allylic oxidation sites excluding steroid dienone is 1. The number of ether oxygens (including phenoxy) is 1. The Morgan fingerprint density at radius 3 is 2.63 bits per heavy atom. The maximum Gasteiger partial charge on any atom is 0.393 e. The Morgan fingerprint density at radius 2 is 1.97 bits per heavy atom. The lowest BCUT2D eigenvalue weighted by molar-refractivity contribution is -0.149. The Hall–Kier alpha value is -4.24. The first-order valence-corrected chi connectivity index (χ1v) is 12.7. The molecule has 2 aromatic carbocycles. The fraction of sp³-hybridized carbons (Fsp3) is 0.192. The number of hydrogen-bond acceptors (Lipinski definition) is 6. The molecular formula is C26H19F4N3O4S. The summed E-state index contributed by atoms with van der Waals surface area (Å²) >= 11 is 0. The van der Waals surface area contributed by atoms with Crippen molar-refractivity contribution in [3.63, 3.8) is 0 Å². The molecule has 1 saturated carbocycles. The van der Waals surface area contributed by atoms with Gasteiger partial charge in [0, 0.05) is 29.8 Å². The summed E-state index contributed by atoms with van der Waals surface area (Å²) in [5.74, 6) is 2.13. The molecule has 0 bridgehead atoms. The van der Waals surface area contributed by atoms with Gasteiger partial charge in [0.25, 0.3) is 10.0 Å². The standard InChI is InChI=1S/C26H19F4N3O4S/c1-15-3-4-18-11-19(38(34,35)32-25-9-10-37-31-25)7-8-22(18)33(15)23-14-21(27)17(13-24(23)36-2)6-5-16-12-20(16)26(28,29)30/h3-4,7-11,13-14,16,20H,1,12H2,2H3,(H,31,32)/t16-,20+/m1/s1. The van der Waals surface area contributed by atoms with E-state index in [9.17, 15) is 21.6 Å². The smallest absolute Gasteiger partial charge is 0.393 e. The summed E-state index contributed by atoms with van der Waals surface area (Å²) in [6.07, 6.45) is 0.0969. The van der Waals surface area contributed by atoms with E-state index in [4.69, 9.17) is 4.74 Å². The number of methoxy groups -OCH3 is 1. The van der Waals surface area contributed by atoms with Gasteiger partial charge in [0.1, 0.15) is 17.8 Å². The van der Waals surface area contributed by atoms with E-state index in [1.807, 2.05) is 0 Å². The van der Waals surface area contributed by atoms with Crippen LogP contribution in [0.5, 0.6) is 5.75 Å². The quantitative estimate of drug-likeness (QED) is 0.320. The van der Waals surface area contributed by atoms with Crippen molar-refractivity contribution in [2.24, 2.45) is 11.8 Å². The molecule has 38 heavy (non-hydrogen) atoms. The van der Waals surface area contributed by atoms with Gasteiger partial charge in [-0.25, -0.2) is 12.8 Å². The zero-order valence-corrected chi connectivity index (χ0v) is 20.5. The highest BCUT2D eigenvalue weighted by Crippen LogP contribution is 2.49. The van der Waals surface area contributed by atoms with E-state index in [2.05, 4.69) is 32.8 Å². The van der Waals surface area contributed by atoms with Crippen LogP contribution in [0.4, 0.5) is 34.8 Å². The summed E-state index contributed by atoms with van der Waals surface area (Å²) < 4.78 is 91.4. The molecule has 0 unspecified atom stereocenters. The van der Waals surface area contributed by atoms with Crippen molar-refractivity contribution in [2.45, 2.75) is 17.5 Å². The van der Waals surface area contributed by atoms with Crippen LogP contribution in [0.15, 0.2) is 70.4 Å². The number of fused-ring (bicyclic) bond motifs is 1. The maximum absolute atomic E-state index is 15.1. The molecule has 1 fully saturated rings.